The first kappa shape index (κ1) is 12.3. The number of rotatable bonds is 3. The Bertz CT molecular complexity index is 860. The van der Waals surface area contributed by atoms with E-state index in [1.54, 1.807) is 18.5 Å². The molecule has 3 aromatic rings. The van der Waals surface area contributed by atoms with Crippen LogP contribution < -0.4 is 11.2 Å². The highest BCUT2D eigenvalue weighted by Crippen LogP contribution is 2.16. The van der Waals surface area contributed by atoms with Gasteiger partial charge in [0.15, 0.2) is 5.65 Å². The summed E-state index contributed by atoms with van der Waals surface area (Å²) in [6.07, 6.45) is 4.08. The molecule has 0 aliphatic carbocycles. The van der Waals surface area contributed by atoms with Gasteiger partial charge in [0.2, 0.25) is 0 Å². The van der Waals surface area contributed by atoms with Gasteiger partial charge in [-0.2, -0.15) is 0 Å². The molecule has 0 atom stereocenters. The highest BCUT2D eigenvalue weighted by atomic mass is 16.2. The number of fused-ring (bicyclic) bond motifs is 1. The van der Waals surface area contributed by atoms with Gasteiger partial charge in [0, 0.05) is 24.5 Å². The third-order valence-electron chi connectivity index (χ3n) is 3.02. The van der Waals surface area contributed by atoms with Crippen molar-refractivity contribution >= 4 is 11.2 Å². The van der Waals surface area contributed by atoms with Gasteiger partial charge in [0.05, 0.1) is 0 Å². The van der Waals surface area contributed by atoms with E-state index in [2.05, 4.69) is 19.9 Å². The Kier molecular flexibility index (Phi) is 2.94. The molecule has 20 heavy (non-hydrogen) atoms. The standard InChI is InChI=1S/C13H13N5O2/c1-2-6-18-11-9(12(19)17-13(18)20)15-10(16-11)8-4-3-5-14-7-8/h3-5,7H,2,6H2,1H3,(H,15,16)(H,17,19,20). The van der Waals surface area contributed by atoms with Gasteiger partial charge < -0.3 is 4.98 Å². The number of aryl methyl sites for hydroxylation is 1. The van der Waals surface area contributed by atoms with Gasteiger partial charge in [0.1, 0.15) is 11.3 Å². The lowest BCUT2D eigenvalue weighted by Crippen LogP contribution is -2.30. The maximum atomic E-state index is 11.8. The normalized spacial score (nSPS) is 11.1. The van der Waals surface area contributed by atoms with Gasteiger partial charge in [-0.1, -0.05) is 6.92 Å². The topological polar surface area (TPSA) is 96.4 Å². The lowest BCUT2D eigenvalue weighted by atomic mass is 10.3. The number of nitrogens with one attached hydrogen (secondary N) is 2. The van der Waals surface area contributed by atoms with Crippen LogP contribution in [0.25, 0.3) is 22.6 Å². The number of nitrogens with zero attached hydrogens (tertiary/aromatic N) is 3. The molecule has 0 fully saturated rings. The fourth-order valence-corrected chi connectivity index (χ4v) is 2.11. The summed E-state index contributed by atoms with van der Waals surface area (Å²) in [6.45, 7) is 2.46. The molecule has 0 unspecified atom stereocenters. The van der Waals surface area contributed by atoms with Crippen LogP contribution in [0.3, 0.4) is 0 Å². The fraction of sp³-hybridized carbons (Fsp3) is 0.231. The fourth-order valence-electron chi connectivity index (χ4n) is 2.11. The molecule has 0 saturated carbocycles. The number of aromatic amines is 2. The largest absolute Gasteiger partial charge is 0.332 e. The van der Waals surface area contributed by atoms with E-state index >= 15 is 0 Å². The maximum Gasteiger partial charge on any atom is 0.330 e. The molecule has 0 bridgehead atoms. The summed E-state index contributed by atoms with van der Waals surface area (Å²) < 4.78 is 1.47. The zero-order valence-corrected chi connectivity index (χ0v) is 10.9. The maximum absolute atomic E-state index is 11.8. The molecule has 0 aliphatic heterocycles. The Balaban J connectivity index is 2.30. The average Bonchev–Trinajstić information content (AvgIpc) is 2.90. The predicted octanol–water partition coefficient (Wildman–Crippen LogP) is 0.885. The van der Waals surface area contributed by atoms with Crippen molar-refractivity contribution in [3.05, 3.63) is 45.4 Å². The quantitative estimate of drug-likeness (QED) is 0.739. The molecule has 0 saturated heterocycles. The molecule has 102 valence electrons. The zero-order valence-electron chi connectivity index (χ0n) is 10.9. The van der Waals surface area contributed by atoms with Crippen molar-refractivity contribution in [3.8, 4) is 11.4 Å². The Morgan fingerprint density at radius 2 is 2.15 bits per heavy atom. The number of pyridine rings is 1. The Labute approximate surface area is 113 Å². The molecule has 3 heterocycles. The van der Waals surface area contributed by atoms with Crippen molar-refractivity contribution < 1.29 is 0 Å². The van der Waals surface area contributed by atoms with E-state index in [0.717, 1.165) is 12.0 Å². The van der Waals surface area contributed by atoms with Crippen molar-refractivity contribution in [2.75, 3.05) is 0 Å². The second-order valence-electron chi connectivity index (χ2n) is 4.44. The Morgan fingerprint density at radius 1 is 1.30 bits per heavy atom. The van der Waals surface area contributed by atoms with Crippen LogP contribution in [-0.4, -0.2) is 24.5 Å². The van der Waals surface area contributed by atoms with Crippen molar-refractivity contribution in [1.82, 2.24) is 24.5 Å². The number of aromatic nitrogens is 5. The summed E-state index contributed by atoms with van der Waals surface area (Å²) in [7, 11) is 0. The Morgan fingerprint density at radius 3 is 2.85 bits per heavy atom. The first-order chi connectivity index (χ1) is 9.70. The van der Waals surface area contributed by atoms with Gasteiger partial charge in [-0.05, 0) is 18.6 Å². The number of imidazole rings is 1. The minimum atomic E-state index is -0.458. The van der Waals surface area contributed by atoms with Crippen molar-refractivity contribution in [2.24, 2.45) is 0 Å². The third kappa shape index (κ3) is 1.93. The minimum absolute atomic E-state index is 0.303. The van der Waals surface area contributed by atoms with Gasteiger partial charge in [0.25, 0.3) is 5.56 Å². The molecule has 0 radical (unpaired) electrons. The summed E-state index contributed by atoms with van der Waals surface area (Å²) in [6, 6.07) is 3.62. The number of H-pyrrole nitrogens is 2. The van der Waals surface area contributed by atoms with Crippen LogP contribution in [0, 0.1) is 0 Å². The molecule has 3 aromatic heterocycles. The van der Waals surface area contributed by atoms with Crippen LogP contribution in [0.1, 0.15) is 13.3 Å². The van der Waals surface area contributed by atoms with Crippen LogP contribution in [0.15, 0.2) is 34.1 Å². The van der Waals surface area contributed by atoms with Gasteiger partial charge >= 0.3 is 5.69 Å². The van der Waals surface area contributed by atoms with Gasteiger partial charge in [-0.3, -0.25) is 19.3 Å². The highest BCUT2D eigenvalue weighted by Gasteiger charge is 2.13. The van der Waals surface area contributed by atoms with E-state index in [1.165, 1.54) is 4.57 Å². The van der Waals surface area contributed by atoms with Gasteiger partial charge in [-0.15, -0.1) is 0 Å². The highest BCUT2D eigenvalue weighted by molar-refractivity contribution is 5.75. The summed E-state index contributed by atoms with van der Waals surface area (Å²) in [4.78, 5) is 37.3. The molecular formula is C13H13N5O2. The lowest BCUT2D eigenvalue weighted by Gasteiger charge is -2.02. The number of hydrogen-bond acceptors (Lipinski definition) is 4. The molecular weight excluding hydrogens is 258 g/mol. The molecule has 7 nitrogen and oxygen atoms in total. The summed E-state index contributed by atoms with van der Waals surface area (Å²) in [5.74, 6) is 0.522. The molecule has 0 amide bonds. The average molecular weight is 271 g/mol. The van der Waals surface area contributed by atoms with Gasteiger partial charge in [-0.25, -0.2) is 9.78 Å². The first-order valence-corrected chi connectivity index (χ1v) is 6.34. The Hall–Kier alpha value is -2.70. The third-order valence-corrected chi connectivity index (χ3v) is 3.02. The molecule has 0 aliphatic rings. The first-order valence-electron chi connectivity index (χ1n) is 6.34. The van der Waals surface area contributed by atoms with Crippen molar-refractivity contribution in [1.29, 1.82) is 0 Å². The van der Waals surface area contributed by atoms with E-state index in [4.69, 9.17) is 0 Å². The van der Waals surface area contributed by atoms with Crippen molar-refractivity contribution in [3.63, 3.8) is 0 Å². The lowest BCUT2D eigenvalue weighted by molar-refractivity contribution is 0.653. The van der Waals surface area contributed by atoms with E-state index < -0.39 is 11.2 Å². The van der Waals surface area contributed by atoms with Crippen LogP contribution in [0.2, 0.25) is 0 Å². The SMILES string of the molecule is CCCn1c(=O)[nH]c(=O)c2[nH]c(-c3cccnc3)nc21. The summed E-state index contributed by atoms with van der Waals surface area (Å²) in [5, 5.41) is 0. The van der Waals surface area contributed by atoms with Crippen LogP contribution >= 0.6 is 0 Å². The van der Waals surface area contributed by atoms with Crippen molar-refractivity contribution in [2.45, 2.75) is 19.9 Å². The van der Waals surface area contributed by atoms with Crippen LogP contribution in [0.5, 0.6) is 0 Å². The summed E-state index contributed by atoms with van der Waals surface area (Å²) >= 11 is 0. The number of hydrogen-bond donors (Lipinski definition) is 2. The second-order valence-corrected chi connectivity index (χ2v) is 4.44. The zero-order chi connectivity index (χ0) is 14.1. The molecule has 2 N–H and O–H groups in total. The molecule has 0 spiro atoms. The molecule has 7 heteroatoms. The smallest absolute Gasteiger partial charge is 0.330 e. The minimum Gasteiger partial charge on any atom is -0.332 e. The second kappa shape index (κ2) is 4.76. The van der Waals surface area contributed by atoms with E-state index in [-0.39, 0.29) is 0 Å². The van der Waals surface area contributed by atoms with E-state index in [0.29, 0.717) is 23.5 Å². The molecule has 3 rings (SSSR count). The monoisotopic (exact) mass is 271 g/mol. The van der Waals surface area contributed by atoms with Crippen LogP contribution in [-0.2, 0) is 6.54 Å². The van der Waals surface area contributed by atoms with Crippen LogP contribution in [0.4, 0.5) is 0 Å². The predicted molar refractivity (Wildman–Crippen MR) is 74.5 cm³/mol. The molecule has 0 aromatic carbocycles. The summed E-state index contributed by atoms with van der Waals surface area (Å²) in [5.41, 5.74) is 0.545. The van der Waals surface area contributed by atoms with E-state index in [9.17, 15) is 9.59 Å². The van der Waals surface area contributed by atoms with E-state index in [1.807, 2.05) is 13.0 Å².